The van der Waals surface area contributed by atoms with Crippen LogP contribution in [0.4, 0.5) is 4.39 Å². The van der Waals surface area contributed by atoms with Crippen molar-refractivity contribution < 1.29 is 9.18 Å². The maximum absolute atomic E-state index is 13.3. The lowest BCUT2D eigenvalue weighted by Gasteiger charge is -2.24. The summed E-state index contributed by atoms with van der Waals surface area (Å²) in [5.74, 6) is -0.714. The smallest absolute Gasteiger partial charge is 0.251 e. The Bertz CT molecular complexity index is 596. The number of nitrogens with zero attached hydrogens (tertiary/aromatic N) is 1. The first kappa shape index (κ1) is 16.1. The summed E-state index contributed by atoms with van der Waals surface area (Å²) < 4.78 is 13.9. The number of nitrogens with one attached hydrogen (secondary N) is 1. The van der Waals surface area contributed by atoms with Crippen LogP contribution in [0.3, 0.4) is 0 Å². The number of rotatable bonds is 5. The molecular weight excluding hydrogens is 355 g/mol. The first-order valence-electron chi connectivity index (χ1n) is 6.40. The zero-order valence-corrected chi connectivity index (χ0v) is 14.2. The Labute approximate surface area is 135 Å². The standard InChI is InChI=1S/C15H16BrFN2OS/c1-19(2)14(10-3-4-21-9-10)8-18-15(20)11-5-12(16)7-13(17)6-11/h3-7,9,14H,8H2,1-2H3,(H,18,20)/t14-/m0/s1. The van der Waals surface area contributed by atoms with E-state index in [0.29, 0.717) is 16.6 Å². The zero-order valence-electron chi connectivity index (χ0n) is 11.8. The largest absolute Gasteiger partial charge is 0.350 e. The van der Waals surface area contributed by atoms with Crippen LogP contribution in [0.15, 0.2) is 39.5 Å². The van der Waals surface area contributed by atoms with E-state index < -0.39 is 5.82 Å². The third kappa shape index (κ3) is 4.36. The van der Waals surface area contributed by atoms with Crippen LogP contribution < -0.4 is 5.32 Å². The van der Waals surface area contributed by atoms with Crippen LogP contribution in [0, 0.1) is 5.82 Å². The van der Waals surface area contributed by atoms with Crippen LogP contribution >= 0.6 is 27.3 Å². The quantitative estimate of drug-likeness (QED) is 0.870. The van der Waals surface area contributed by atoms with E-state index in [4.69, 9.17) is 0 Å². The number of amides is 1. The SMILES string of the molecule is CN(C)[C@@H](CNC(=O)c1cc(F)cc(Br)c1)c1ccsc1. The van der Waals surface area contributed by atoms with Crippen LogP contribution in [-0.2, 0) is 0 Å². The van der Waals surface area contributed by atoms with Gasteiger partial charge in [0.05, 0.1) is 6.04 Å². The number of carbonyl (C=O) groups is 1. The van der Waals surface area contributed by atoms with Gasteiger partial charge in [-0.25, -0.2) is 4.39 Å². The lowest BCUT2D eigenvalue weighted by Crippen LogP contribution is -2.34. The third-order valence-electron chi connectivity index (χ3n) is 3.13. The molecule has 2 rings (SSSR count). The molecule has 6 heteroatoms. The van der Waals surface area contributed by atoms with Crippen molar-refractivity contribution in [1.82, 2.24) is 10.2 Å². The second kappa shape index (κ2) is 7.15. The number of hydrogen-bond acceptors (Lipinski definition) is 3. The molecule has 1 heterocycles. The molecule has 0 aliphatic carbocycles. The summed E-state index contributed by atoms with van der Waals surface area (Å²) >= 11 is 4.81. The monoisotopic (exact) mass is 370 g/mol. The highest BCUT2D eigenvalue weighted by Crippen LogP contribution is 2.20. The van der Waals surface area contributed by atoms with Gasteiger partial charge in [-0.05, 0) is 54.7 Å². The Hall–Kier alpha value is -1.24. The molecule has 0 fully saturated rings. The second-order valence-corrected chi connectivity index (χ2v) is 6.60. The van der Waals surface area contributed by atoms with Gasteiger partial charge in [0, 0.05) is 16.6 Å². The molecule has 1 aromatic heterocycles. The van der Waals surface area contributed by atoms with E-state index in [2.05, 4.69) is 26.6 Å². The summed E-state index contributed by atoms with van der Waals surface area (Å²) in [6.45, 7) is 0.469. The van der Waals surface area contributed by atoms with E-state index in [1.54, 1.807) is 17.4 Å². The van der Waals surface area contributed by atoms with E-state index in [1.807, 2.05) is 30.4 Å². The average molecular weight is 371 g/mol. The van der Waals surface area contributed by atoms with Gasteiger partial charge in [0.2, 0.25) is 0 Å². The fourth-order valence-corrected chi connectivity index (χ4v) is 3.21. The van der Waals surface area contributed by atoms with E-state index in [-0.39, 0.29) is 11.9 Å². The Balaban J connectivity index is 2.05. The molecule has 0 aliphatic rings. The topological polar surface area (TPSA) is 32.3 Å². The Morgan fingerprint density at radius 1 is 1.43 bits per heavy atom. The van der Waals surface area contributed by atoms with Gasteiger partial charge in [0.25, 0.3) is 5.91 Å². The lowest BCUT2D eigenvalue weighted by atomic mass is 10.1. The zero-order chi connectivity index (χ0) is 15.4. The van der Waals surface area contributed by atoms with E-state index >= 15 is 0 Å². The summed E-state index contributed by atoms with van der Waals surface area (Å²) in [5, 5.41) is 6.94. The molecule has 2 aromatic rings. The highest BCUT2D eigenvalue weighted by Gasteiger charge is 2.16. The number of benzene rings is 1. The minimum absolute atomic E-state index is 0.0946. The summed E-state index contributed by atoms with van der Waals surface area (Å²) in [6.07, 6.45) is 0. The van der Waals surface area contributed by atoms with Crippen molar-refractivity contribution in [2.75, 3.05) is 20.6 Å². The molecule has 1 amide bonds. The van der Waals surface area contributed by atoms with Crippen molar-refractivity contribution in [3.05, 3.63) is 56.4 Å². The predicted molar refractivity (Wildman–Crippen MR) is 87.2 cm³/mol. The van der Waals surface area contributed by atoms with Crippen molar-refractivity contribution in [2.24, 2.45) is 0 Å². The van der Waals surface area contributed by atoms with Crippen LogP contribution in [0.25, 0.3) is 0 Å². The third-order valence-corrected chi connectivity index (χ3v) is 4.29. The molecule has 1 N–H and O–H groups in total. The average Bonchev–Trinajstić information content (AvgIpc) is 2.91. The highest BCUT2D eigenvalue weighted by molar-refractivity contribution is 9.10. The van der Waals surface area contributed by atoms with Gasteiger partial charge in [0.1, 0.15) is 5.82 Å². The second-order valence-electron chi connectivity index (χ2n) is 4.90. The van der Waals surface area contributed by atoms with Gasteiger partial charge < -0.3 is 10.2 Å². The van der Waals surface area contributed by atoms with Crippen LogP contribution in [-0.4, -0.2) is 31.4 Å². The van der Waals surface area contributed by atoms with E-state index in [1.165, 1.54) is 12.1 Å². The summed E-state index contributed by atoms with van der Waals surface area (Å²) in [7, 11) is 3.93. The Morgan fingerprint density at radius 2 is 2.19 bits per heavy atom. The molecular formula is C15H16BrFN2OS. The molecule has 0 spiro atoms. The summed E-state index contributed by atoms with van der Waals surface area (Å²) in [5.41, 5.74) is 1.47. The van der Waals surface area contributed by atoms with Crippen LogP contribution in [0.1, 0.15) is 22.0 Å². The van der Waals surface area contributed by atoms with Crippen molar-refractivity contribution >= 4 is 33.2 Å². The van der Waals surface area contributed by atoms with Gasteiger partial charge >= 0.3 is 0 Å². The molecule has 3 nitrogen and oxygen atoms in total. The normalized spacial score (nSPS) is 12.4. The van der Waals surface area contributed by atoms with E-state index in [9.17, 15) is 9.18 Å². The Kier molecular flexibility index (Phi) is 5.50. The number of hydrogen-bond donors (Lipinski definition) is 1. The van der Waals surface area contributed by atoms with Crippen molar-refractivity contribution in [1.29, 1.82) is 0 Å². The minimum Gasteiger partial charge on any atom is -0.350 e. The molecule has 0 unspecified atom stereocenters. The molecule has 0 saturated heterocycles. The number of likely N-dealkylation sites (N-methyl/N-ethyl adjacent to an activating group) is 1. The molecule has 0 radical (unpaired) electrons. The highest BCUT2D eigenvalue weighted by atomic mass is 79.9. The molecule has 0 bridgehead atoms. The van der Waals surface area contributed by atoms with Crippen LogP contribution in [0.5, 0.6) is 0 Å². The molecule has 21 heavy (non-hydrogen) atoms. The van der Waals surface area contributed by atoms with Crippen molar-refractivity contribution in [3.8, 4) is 0 Å². The van der Waals surface area contributed by atoms with Gasteiger partial charge in [-0.2, -0.15) is 11.3 Å². The number of thiophene rings is 1. The fourth-order valence-electron chi connectivity index (χ4n) is 2.04. The maximum Gasteiger partial charge on any atom is 0.251 e. The molecule has 1 aromatic carbocycles. The fraction of sp³-hybridized carbons (Fsp3) is 0.267. The summed E-state index contributed by atoms with van der Waals surface area (Å²) in [6, 6.07) is 6.30. The molecule has 112 valence electrons. The molecule has 0 aliphatic heterocycles. The number of carbonyl (C=O) groups excluding carboxylic acids is 1. The van der Waals surface area contributed by atoms with Gasteiger partial charge in [0.15, 0.2) is 0 Å². The lowest BCUT2D eigenvalue weighted by molar-refractivity contribution is 0.0941. The van der Waals surface area contributed by atoms with Crippen LogP contribution in [0.2, 0.25) is 0 Å². The Morgan fingerprint density at radius 3 is 2.76 bits per heavy atom. The van der Waals surface area contributed by atoms with E-state index in [0.717, 1.165) is 5.56 Å². The van der Waals surface area contributed by atoms with Crippen molar-refractivity contribution in [2.45, 2.75) is 6.04 Å². The van der Waals surface area contributed by atoms with Crippen molar-refractivity contribution in [3.63, 3.8) is 0 Å². The van der Waals surface area contributed by atoms with Gasteiger partial charge in [-0.3, -0.25) is 4.79 Å². The summed E-state index contributed by atoms with van der Waals surface area (Å²) in [4.78, 5) is 14.2. The predicted octanol–water partition coefficient (Wildman–Crippen LogP) is 3.68. The maximum atomic E-state index is 13.3. The van der Waals surface area contributed by atoms with Gasteiger partial charge in [-0.15, -0.1) is 0 Å². The first-order valence-corrected chi connectivity index (χ1v) is 8.14. The minimum atomic E-state index is -0.434. The number of halogens is 2. The molecule has 0 saturated carbocycles. The van der Waals surface area contributed by atoms with Gasteiger partial charge in [-0.1, -0.05) is 15.9 Å². The molecule has 1 atom stereocenters. The first-order chi connectivity index (χ1) is 9.97.